The quantitative estimate of drug-likeness (QED) is 0.268. The molecule has 22 heavy (non-hydrogen) atoms. The molecule has 0 bridgehead atoms. The second kappa shape index (κ2) is 17.3. The van der Waals surface area contributed by atoms with E-state index in [1.165, 1.54) is 57.8 Å². The van der Waals surface area contributed by atoms with Gasteiger partial charge in [-0.15, -0.1) is 0 Å². The summed E-state index contributed by atoms with van der Waals surface area (Å²) in [6, 6.07) is 0. The van der Waals surface area contributed by atoms with Crippen molar-refractivity contribution in [1.29, 1.82) is 0 Å². The fraction of sp³-hybridized carbons (Fsp3) is 1.00. The molecule has 0 saturated heterocycles. The van der Waals surface area contributed by atoms with Crippen molar-refractivity contribution in [3.8, 4) is 0 Å². The summed E-state index contributed by atoms with van der Waals surface area (Å²) in [4.78, 5) is 0. The van der Waals surface area contributed by atoms with Gasteiger partial charge in [0.1, 0.15) is 0 Å². The standard InChI is InChI=1S/C16H34O4S.K/c1-2-3-4-5-6-7-8-9-10-11-12-13-14-16(15-17)21(18,19)20;/h16-17H,2-15H2,1H3,(H,18,19,20);/q;+1/p-1. The molecule has 0 amide bonds. The van der Waals surface area contributed by atoms with Crippen LogP contribution in [0.3, 0.4) is 0 Å². The number of hydrogen-bond acceptors (Lipinski definition) is 4. The summed E-state index contributed by atoms with van der Waals surface area (Å²) < 4.78 is 32.3. The van der Waals surface area contributed by atoms with Crippen LogP contribution < -0.4 is 51.4 Å². The summed E-state index contributed by atoms with van der Waals surface area (Å²) in [6.45, 7) is 1.68. The predicted molar refractivity (Wildman–Crippen MR) is 86.3 cm³/mol. The van der Waals surface area contributed by atoms with Gasteiger partial charge >= 0.3 is 51.4 Å². The zero-order chi connectivity index (χ0) is 16.0. The topological polar surface area (TPSA) is 77.4 Å². The number of rotatable bonds is 15. The molecule has 0 saturated carbocycles. The average Bonchev–Trinajstić information content (AvgIpc) is 2.42. The molecule has 0 aliphatic rings. The van der Waals surface area contributed by atoms with Gasteiger partial charge in [-0.3, -0.25) is 0 Å². The monoisotopic (exact) mass is 360 g/mol. The Morgan fingerprint density at radius 2 is 1.18 bits per heavy atom. The zero-order valence-electron chi connectivity index (χ0n) is 14.6. The minimum atomic E-state index is -4.33. The molecule has 4 nitrogen and oxygen atoms in total. The van der Waals surface area contributed by atoms with Gasteiger partial charge in [-0.25, -0.2) is 8.42 Å². The van der Waals surface area contributed by atoms with Gasteiger partial charge in [0, 0.05) is 0 Å². The molecule has 0 aromatic rings. The minimum absolute atomic E-state index is 0. The van der Waals surface area contributed by atoms with E-state index in [0.717, 1.165) is 12.8 Å². The van der Waals surface area contributed by atoms with Gasteiger partial charge in [0.15, 0.2) is 0 Å². The van der Waals surface area contributed by atoms with E-state index in [2.05, 4.69) is 6.92 Å². The molecule has 0 aliphatic carbocycles. The van der Waals surface area contributed by atoms with Crippen LogP contribution in [0, 0.1) is 0 Å². The van der Waals surface area contributed by atoms with Crippen molar-refractivity contribution in [3.63, 3.8) is 0 Å². The molecule has 0 aromatic carbocycles. The predicted octanol–water partition coefficient (Wildman–Crippen LogP) is 0.988. The molecule has 0 fully saturated rings. The van der Waals surface area contributed by atoms with Gasteiger partial charge in [0.25, 0.3) is 0 Å². The van der Waals surface area contributed by atoms with Gasteiger partial charge in [-0.1, -0.05) is 84.0 Å². The SMILES string of the molecule is CCCCCCCCCCCCCCC(CO)S(=O)(=O)[O-].[K+]. The van der Waals surface area contributed by atoms with Gasteiger partial charge in [-0.05, 0) is 6.42 Å². The molecular weight excluding hydrogens is 327 g/mol. The number of hydrogen-bond donors (Lipinski definition) is 1. The molecule has 0 rings (SSSR count). The first-order valence-electron chi connectivity index (χ1n) is 8.58. The maximum atomic E-state index is 10.8. The van der Waals surface area contributed by atoms with Crippen LogP contribution in [0.2, 0.25) is 0 Å². The summed E-state index contributed by atoms with van der Waals surface area (Å²) in [5.41, 5.74) is 0. The summed E-state index contributed by atoms with van der Waals surface area (Å²) in [5, 5.41) is 7.75. The van der Waals surface area contributed by atoms with E-state index in [9.17, 15) is 13.0 Å². The normalized spacial score (nSPS) is 12.9. The van der Waals surface area contributed by atoms with Crippen LogP contribution in [0.4, 0.5) is 0 Å². The van der Waals surface area contributed by atoms with E-state index in [4.69, 9.17) is 5.11 Å². The molecule has 128 valence electrons. The van der Waals surface area contributed by atoms with Crippen LogP contribution in [0.1, 0.15) is 90.4 Å². The first-order valence-corrected chi connectivity index (χ1v) is 10.0. The van der Waals surface area contributed by atoms with E-state index in [-0.39, 0.29) is 51.4 Å². The van der Waals surface area contributed by atoms with E-state index >= 15 is 0 Å². The Labute approximate surface area is 180 Å². The molecule has 0 aliphatic heterocycles. The number of aliphatic hydroxyl groups excluding tert-OH is 1. The first-order chi connectivity index (χ1) is 10.0. The van der Waals surface area contributed by atoms with Crippen molar-refractivity contribution in [2.24, 2.45) is 0 Å². The van der Waals surface area contributed by atoms with Crippen molar-refractivity contribution >= 4 is 10.1 Å². The molecule has 0 radical (unpaired) electrons. The number of aliphatic hydroxyl groups is 1. The maximum absolute atomic E-state index is 10.8. The fourth-order valence-corrected chi connectivity index (χ4v) is 3.18. The third-order valence-electron chi connectivity index (χ3n) is 3.99. The Kier molecular flexibility index (Phi) is 20.3. The molecule has 0 heterocycles. The van der Waals surface area contributed by atoms with Crippen molar-refractivity contribution in [2.75, 3.05) is 6.61 Å². The van der Waals surface area contributed by atoms with Crippen LogP contribution >= 0.6 is 0 Å². The Morgan fingerprint density at radius 1 is 0.818 bits per heavy atom. The van der Waals surface area contributed by atoms with E-state index in [1.807, 2.05) is 0 Å². The Balaban J connectivity index is 0. The van der Waals surface area contributed by atoms with Crippen LogP contribution in [-0.2, 0) is 10.1 Å². The summed E-state index contributed by atoms with van der Waals surface area (Å²) >= 11 is 0. The fourth-order valence-electron chi connectivity index (χ4n) is 2.54. The van der Waals surface area contributed by atoms with Crippen molar-refractivity contribution < 1.29 is 69.5 Å². The third-order valence-corrected chi connectivity index (χ3v) is 5.19. The van der Waals surface area contributed by atoms with Crippen molar-refractivity contribution in [2.45, 2.75) is 95.6 Å². The van der Waals surface area contributed by atoms with Crippen molar-refractivity contribution in [3.05, 3.63) is 0 Å². The molecule has 6 heteroatoms. The molecule has 0 aromatic heterocycles. The average molecular weight is 361 g/mol. The summed E-state index contributed by atoms with van der Waals surface area (Å²) in [6.07, 6.45) is 14.8. The minimum Gasteiger partial charge on any atom is -0.748 e. The molecular formula is C16H33KO4S. The first kappa shape index (κ1) is 25.7. The molecule has 0 spiro atoms. The largest absolute Gasteiger partial charge is 1.00 e. The number of unbranched alkanes of at least 4 members (excludes halogenated alkanes) is 11. The zero-order valence-corrected chi connectivity index (χ0v) is 18.5. The second-order valence-electron chi connectivity index (χ2n) is 5.98. The third kappa shape index (κ3) is 16.4. The molecule has 1 N–H and O–H groups in total. The Hall–Kier alpha value is 1.51. The van der Waals surface area contributed by atoms with Gasteiger partial charge in [-0.2, -0.15) is 0 Å². The molecule has 1 unspecified atom stereocenters. The molecule has 1 atom stereocenters. The van der Waals surface area contributed by atoms with Gasteiger partial charge in [0.05, 0.1) is 22.0 Å². The van der Waals surface area contributed by atoms with Crippen molar-refractivity contribution in [1.82, 2.24) is 0 Å². The van der Waals surface area contributed by atoms with Crippen LogP contribution in [0.15, 0.2) is 0 Å². The van der Waals surface area contributed by atoms with Gasteiger partial charge < -0.3 is 9.66 Å². The Bertz CT molecular complexity index is 320. The van der Waals surface area contributed by atoms with E-state index in [0.29, 0.717) is 12.8 Å². The smallest absolute Gasteiger partial charge is 0.748 e. The second-order valence-corrected chi connectivity index (χ2v) is 7.63. The maximum Gasteiger partial charge on any atom is 1.00 e. The van der Waals surface area contributed by atoms with E-state index < -0.39 is 22.0 Å². The van der Waals surface area contributed by atoms with Crippen LogP contribution in [0.25, 0.3) is 0 Å². The Morgan fingerprint density at radius 3 is 1.50 bits per heavy atom. The van der Waals surface area contributed by atoms with Crippen LogP contribution in [-0.4, -0.2) is 29.9 Å². The summed E-state index contributed by atoms with van der Waals surface area (Å²) in [7, 11) is -4.33. The van der Waals surface area contributed by atoms with E-state index in [1.54, 1.807) is 0 Å². The van der Waals surface area contributed by atoms with Gasteiger partial charge in [0.2, 0.25) is 0 Å². The van der Waals surface area contributed by atoms with Crippen LogP contribution in [0.5, 0.6) is 0 Å². The summed E-state index contributed by atoms with van der Waals surface area (Å²) in [5.74, 6) is 0.